The van der Waals surface area contributed by atoms with Crippen LogP contribution in [0.15, 0.2) is 0 Å². The van der Waals surface area contributed by atoms with Crippen molar-refractivity contribution in [3.05, 3.63) is 0 Å². The Balaban J connectivity index is 4.21. The van der Waals surface area contributed by atoms with Crippen LogP contribution in [0.2, 0.25) is 0 Å². The smallest absolute Gasteiger partial charge is 0.371 e. The number of alkyl halides is 4. The van der Waals surface area contributed by atoms with Gasteiger partial charge in [-0.1, -0.05) is 13.8 Å². The molecule has 0 heterocycles. The van der Waals surface area contributed by atoms with Crippen LogP contribution in [0.4, 0.5) is 17.6 Å². The number of carbonyl (C=O) groups excluding carboxylic acids is 1. The highest BCUT2D eigenvalue weighted by Gasteiger charge is 2.56. The zero-order chi connectivity index (χ0) is 14.6. The van der Waals surface area contributed by atoms with Gasteiger partial charge in [0.25, 0.3) is 0 Å². The van der Waals surface area contributed by atoms with Crippen molar-refractivity contribution in [3.63, 3.8) is 0 Å². The number of hydrogen-bond donors (Lipinski definition) is 0. The van der Waals surface area contributed by atoms with E-state index in [1.807, 2.05) is 0 Å². The van der Waals surface area contributed by atoms with Crippen molar-refractivity contribution in [3.8, 4) is 0 Å². The zero-order valence-electron chi connectivity index (χ0n) is 9.75. The van der Waals surface area contributed by atoms with Crippen LogP contribution in [0, 0.1) is 5.92 Å². The molecule has 0 spiro atoms. The molecule has 0 N–H and O–H groups in total. The van der Waals surface area contributed by atoms with Gasteiger partial charge in [0.2, 0.25) is 0 Å². The van der Waals surface area contributed by atoms with Crippen LogP contribution in [0.1, 0.15) is 26.7 Å². The van der Waals surface area contributed by atoms with E-state index in [0.717, 1.165) is 0 Å². The summed E-state index contributed by atoms with van der Waals surface area (Å²) in [7, 11) is 0. The van der Waals surface area contributed by atoms with E-state index in [1.54, 1.807) is 0 Å². The van der Waals surface area contributed by atoms with Crippen molar-refractivity contribution < 1.29 is 35.9 Å². The van der Waals surface area contributed by atoms with Gasteiger partial charge in [0.1, 0.15) is 0 Å². The second-order valence-corrected chi connectivity index (χ2v) is 4.86. The summed E-state index contributed by atoms with van der Waals surface area (Å²) in [4.78, 5) is 10.9. The lowest BCUT2D eigenvalue weighted by atomic mass is 10.2. The third-order valence-corrected chi connectivity index (χ3v) is 2.70. The summed E-state index contributed by atoms with van der Waals surface area (Å²) < 4.78 is 75.3. The molecule has 0 aromatic rings. The zero-order valence-corrected chi connectivity index (χ0v) is 10.6. The summed E-state index contributed by atoms with van der Waals surface area (Å²) in [6.07, 6.45) is -1.95. The first-order chi connectivity index (χ1) is 8.02. The first-order valence-corrected chi connectivity index (χ1v) is 6.11. The van der Waals surface area contributed by atoms with Gasteiger partial charge in [-0.15, -0.1) is 0 Å². The Bertz CT molecular complexity index is 320. The van der Waals surface area contributed by atoms with E-state index >= 15 is 0 Å². The normalized spacial score (nSPS) is 14.7. The highest BCUT2D eigenvalue weighted by Crippen LogP contribution is 2.39. The fraction of sp³-hybridized carbons (Fsp3) is 0.889. The van der Waals surface area contributed by atoms with E-state index < -0.39 is 53.6 Å². The van der Waals surface area contributed by atoms with E-state index in [0.29, 0.717) is 0 Å². The Kier molecular flexibility index (Phi) is 6.21. The Labute approximate surface area is 104 Å². The third kappa shape index (κ3) is 4.52. The minimum Gasteiger partial charge on any atom is -0.768 e. The molecular weight excluding hydrogens is 280 g/mol. The van der Waals surface area contributed by atoms with Crippen LogP contribution < -0.4 is 0 Å². The highest BCUT2D eigenvalue weighted by atomic mass is 32.2. The highest BCUT2D eigenvalue weighted by molar-refractivity contribution is 7.80. The lowest BCUT2D eigenvalue weighted by Crippen LogP contribution is -2.44. The summed E-state index contributed by atoms with van der Waals surface area (Å²) in [5.41, 5.74) is 0. The molecular formula is C9H13F4O4S-. The SMILES string of the molecule is CC(C)C(=O)OCCCC(F)(F)C(F)(F)S(=O)[O-]. The second-order valence-electron chi connectivity index (χ2n) is 3.88. The molecule has 0 aromatic carbocycles. The van der Waals surface area contributed by atoms with Gasteiger partial charge in [-0.05, 0) is 6.42 Å². The van der Waals surface area contributed by atoms with Gasteiger partial charge >= 0.3 is 17.1 Å². The van der Waals surface area contributed by atoms with Crippen molar-refractivity contribution in [2.75, 3.05) is 6.61 Å². The minimum atomic E-state index is -5.13. The van der Waals surface area contributed by atoms with Crippen LogP contribution in [0.5, 0.6) is 0 Å². The minimum absolute atomic E-state index is 0.457. The van der Waals surface area contributed by atoms with Gasteiger partial charge in [0.05, 0.1) is 12.5 Å². The molecule has 0 amide bonds. The molecule has 1 unspecified atom stereocenters. The maximum Gasteiger partial charge on any atom is 0.371 e. The first-order valence-electron chi connectivity index (χ1n) is 5.04. The van der Waals surface area contributed by atoms with Gasteiger partial charge in [-0.2, -0.15) is 17.6 Å². The molecule has 1 atom stereocenters. The molecule has 18 heavy (non-hydrogen) atoms. The number of hydrogen-bond acceptors (Lipinski definition) is 4. The molecule has 0 rings (SSSR count). The predicted molar refractivity (Wildman–Crippen MR) is 53.8 cm³/mol. The molecule has 0 saturated carbocycles. The van der Waals surface area contributed by atoms with Crippen LogP contribution in [0.25, 0.3) is 0 Å². The summed E-state index contributed by atoms with van der Waals surface area (Å²) in [5.74, 6) is -5.79. The summed E-state index contributed by atoms with van der Waals surface area (Å²) in [6, 6.07) is 0. The maximum atomic E-state index is 12.9. The van der Waals surface area contributed by atoms with Crippen LogP contribution in [-0.2, 0) is 20.6 Å². The van der Waals surface area contributed by atoms with Crippen molar-refractivity contribution >= 4 is 17.0 Å². The van der Waals surface area contributed by atoms with E-state index in [4.69, 9.17) is 0 Å². The Morgan fingerprint density at radius 3 is 2.22 bits per heavy atom. The molecule has 0 fully saturated rings. The van der Waals surface area contributed by atoms with E-state index in [-0.39, 0.29) is 0 Å². The Morgan fingerprint density at radius 1 is 1.33 bits per heavy atom. The number of halogens is 4. The van der Waals surface area contributed by atoms with Crippen LogP contribution in [0.3, 0.4) is 0 Å². The monoisotopic (exact) mass is 293 g/mol. The topological polar surface area (TPSA) is 66.4 Å². The summed E-state index contributed by atoms with van der Waals surface area (Å²) in [5, 5.41) is -5.13. The molecule has 0 aliphatic rings. The van der Waals surface area contributed by atoms with Crippen molar-refractivity contribution in [1.29, 1.82) is 0 Å². The molecule has 0 aromatic heterocycles. The molecule has 0 radical (unpaired) electrons. The molecule has 0 saturated heterocycles. The molecule has 0 bridgehead atoms. The molecule has 0 aliphatic heterocycles. The molecule has 108 valence electrons. The predicted octanol–water partition coefficient (Wildman–Crippen LogP) is 2.07. The van der Waals surface area contributed by atoms with E-state index in [2.05, 4.69) is 4.74 Å². The van der Waals surface area contributed by atoms with Crippen molar-refractivity contribution in [2.24, 2.45) is 5.92 Å². The van der Waals surface area contributed by atoms with Crippen LogP contribution >= 0.6 is 0 Å². The van der Waals surface area contributed by atoms with Crippen molar-refractivity contribution in [2.45, 2.75) is 37.9 Å². The Hall–Kier alpha value is -0.700. The third-order valence-electron chi connectivity index (χ3n) is 1.99. The summed E-state index contributed by atoms with van der Waals surface area (Å²) >= 11 is -4.21. The molecule has 4 nitrogen and oxygen atoms in total. The maximum absolute atomic E-state index is 12.9. The van der Waals surface area contributed by atoms with E-state index in [1.165, 1.54) is 13.8 Å². The average molecular weight is 293 g/mol. The fourth-order valence-electron chi connectivity index (χ4n) is 0.901. The second kappa shape index (κ2) is 6.46. The van der Waals surface area contributed by atoms with Gasteiger partial charge in [0.15, 0.2) is 0 Å². The summed E-state index contributed by atoms with van der Waals surface area (Å²) in [6.45, 7) is 2.57. The van der Waals surface area contributed by atoms with Gasteiger partial charge < -0.3 is 9.29 Å². The Morgan fingerprint density at radius 2 is 1.83 bits per heavy atom. The number of carbonyl (C=O) groups is 1. The lowest BCUT2D eigenvalue weighted by molar-refractivity contribution is -0.165. The van der Waals surface area contributed by atoms with Gasteiger partial charge in [0, 0.05) is 17.5 Å². The number of rotatable bonds is 7. The molecule has 0 aliphatic carbocycles. The average Bonchev–Trinajstić information content (AvgIpc) is 2.23. The number of ether oxygens (including phenoxy) is 1. The van der Waals surface area contributed by atoms with Crippen molar-refractivity contribution in [1.82, 2.24) is 0 Å². The van der Waals surface area contributed by atoms with Gasteiger partial charge in [-0.25, -0.2) is 0 Å². The first kappa shape index (κ1) is 17.3. The fourth-order valence-corrected chi connectivity index (χ4v) is 1.25. The number of esters is 1. The van der Waals surface area contributed by atoms with Crippen LogP contribution in [-0.4, -0.2) is 32.5 Å². The lowest BCUT2D eigenvalue weighted by Gasteiger charge is -2.27. The molecule has 9 heteroatoms. The largest absolute Gasteiger partial charge is 0.768 e. The standard InChI is InChI=1S/C9H14F4O4S/c1-6(2)7(14)17-5-3-4-8(10,11)9(12,13)18(15)16/h6H,3-5H2,1-2H3,(H,15,16)/p-1. The quantitative estimate of drug-likeness (QED) is 0.312. The van der Waals surface area contributed by atoms with E-state index in [9.17, 15) is 31.1 Å². The van der Waals surface area contributed by atoms with Gasteiger partial charge in [-0.3, -0.25) is 9.00 Å².